The molecule has 0 heterocycles. The van der Waals surface area contributed by atoms with E-state index in [0.29, 0.717) is 30.1 Å². The van der Waals surface area contributed by atoms with Gasteiger partial charge in [0, 0.05) is 37.5 Å². The molecule has 214 valence electrons. The summed E-state index contributed by atoms with van der Waals surface area (Å²) >= 11 is 6.08. The number of likely N-dealkylation sites (N-methyl/N-ethyl adjacent to an activating group) is 1. The van der Waals surface area contributed by atoms with Gasteiger partial charge in [0.25, 0.3) is 0 Å². The second kappa shape index (κ2) is 14.3. The summed E-state index contributed by atoms with van der Waals surface area (Å²) in [5, 5.41) is 3.46. The molecular weight excluding hydrogens is 546 g/mol. The molecule has 1 atom stereocenters. The van der Waals surface area contributed by atoms with Crippen molar-refractivity contribution in [3.05, 3.63) is 100 Å². The van der Waals surface area contributed by atoms with Crippen molar-refractivity contribution in [2.75, 3.05) is 23.7 Å². The van der Waals surface area contributed by atoms with Crippen molar-refractivity contribution in [1.29, 1.82) is 0 Å². The van der Waals surface area contributed by atoms with Gasteiger partial charge in [-0.2, -0.15) is 0 Å². The number of amides is 2. The van der Waals surface area contributed by atoms with E-state index in [-0.39, 0.29) is 31.3 Å². The molecule has 40 heavy (non-hydrogen) atoms. The van der Waals surface area contributed by atoms with Gasteiger partial charge in [0.05, 0.1) is 11.9 Å². The molecular formula is C31H38ClN3O4S. The SMILES string of the molecule is CCNC(=O)C(Cc1ccccc1)N(Cc1ccc(Cl)cc1)C(=O)CCCN(c1cccc(C)c1C)S(C)(=O)=O. The maximum absolute atomic E-state index is 13.8. The summed E-state index contributed by atoms with van der Waals surface area (Å²) in [5.41, 5.74) is 4.25. The van der Waals surface area contributed by atoms with E-state index >= 15 is 0 Å². The number of carbonyl (C=O) groups is 2. The van der Waals surface area contributed by atoms with Gasteiger partial charge >= 0.3 is 0 Å². The Morgan fingerprint density at radius 1 is 0.925 bits per heavy atom. The van der Waals surface area contributed by atoms with Gasteiger partial charge in [0.2, 0.25) is 21.8 Å². The molecule has 7 nitrogen and oxygen atoms in total. The van der Waals surface area contributed by atoms with Gasteiger partial charge in [-0.15, -0.1) is 0 Å². The highest BCUT2D eigenvalue weighted by Crippen LogP contribution is 2.26. The molecule has 0 saturated heterocycles. The number of halogens is 1. The number of aryl methyl sites for hydroxylation is 1. The van der Waals surface area contributed by atoms with Crippen molar-refractivity contribution in [2.24, 2.45) is 0 Å². The second-order valence-electron chi connectivity index (χ2n) is 9.91. The van der Waals surface area contributed by atoms with E-state index in [9.17, 15) is 18.0 Å². The van der Waals surface area contributed by atoms with Crippen LogP contribution >= 0.6 is 11.6 Å². The predicted octanol–water partition coefficient (Wildman–Crippen LogP) is 5.28. The molecule has 0 spiro atoms. The molecule has 3 rings (SSSR count). The fourth-order valence-electron chi connectivity index (χ4n) is 4.62. The molecule has 0 bridgehead atoms. The van der Waals surface area contributed by atoms with Crippen LogP contribution in [0.2, 0.25) is 5.02 Å². The summed E-state index contributed by atoms with van der Waals surface area (Å²) in [7, 11) is -3.57. The van der Waals surface area contributed by atoms with Gasteiger partial charge in [0.15, 0.2) is 0 Å². The van der Waals surface area contributed by atoms with Crippen LogP contribution < -0.4 is 9.62 Å². The van der Waals surface area contributed by atoms with Gasteiger partial charge in [-0.25, -0.2) is 8.42 Å². The van der Waals surface area contributed by atoms with E-state index in [1.54, 1.807) is 23.1 Å². The average Bonchev–Trinajstić information content (AvgIpc) is 2.91. The van der Waals surface area contributed by atoms with Crippen LogP contribution in [0.25, 0.3) is 0 Å². The van der Waals surface area contributed by atoms with Crippen molar-refractivity contribution >= 4 is 39.1 Å². The van der Waals surface area contributed by atoms with Crippen LogP contribution in [0.3, 0.4) is 0 Å². The number of sulfonamides is 1. The lowest BCUT2D eigenvalue weighted by Crippen LogP contribution is -2.50. The highest BCUT2D eigenvalue weighted by atomic mass is 35.5. The first-order valence-corrected chi connectivity index (χ1v) is 15.6. The van der Waals surface area contributed by atoms with E-state index in [1.807, 2.05) is 75.4 Å². The number of rotatable bonds is 13. The Kier molecular flexibility index (Phi) is 11.2. The average molecular weight is 584 g/mol. The van der Waals surface area contributed by atoms with Gasteiger partial charge in [-0.1, -0.05) is 66.2 Å². The Balaban J connectivity index is 1.87. The molecule has 0 radical (unpaired) electrons. The predicted molar refractivity (Wildman–Crippen MR) is 162 cm³/mol. The summed E-state index contributed by atoms with van der Waals surface area (Å²) < 4.78 is 26.8. The standard InChI is InChI=1S/C31H38ClN3O4S/c1-5-33-31(37)29(21-25-12-7-6-8-13-25)34(22-26-16-18-27(32)19-17-26)30(36)15-10-20-35(40(4,38)39)28-14-9-11-23(2)24(28)3/h6-9,11-14,16-19,29H,5,10,15,20-22H2,1-4H3,(H,33,37). The summed E-state index contributed by atoms with van der Waals surface area (Å²) in [5.74, 6) is -0.460. The minimum absolute atomic E-state index is 0.0785. The molecule has 0 fully saturated rings. The van der Waals surface area contributed by atoms with E-state index < -0.39 is 16.1 Å². The first-order chi connectivity index (χ1) is 19.0. The van der Waals surface area contributed by atoms with Crippen molar-refractivity contribution in [2.45, 2.75) is 52.6 Å². The Bertz CT molecular complexity index is 1400. The molecule has 1 unspecified atom stereocenters. The largest absolute Gasteiger partial charge is 0.355 e. The molecule has 0 aromatic heterocycles. The number of hydrogen-bond acceptors (Lipinski definition) is 4. The van der Waals surface area contributed by atoms with E-state index in [1.165, 1.54) is 10.6 Å². The third-order valence-electron chi connectivity index (χ3n) is 6.89. The van der Waals surface area contributed by atoms with Crippen LogP contribution in [-0.4, -0.2) is 50.5 Å². The highest BCUT2D eigenvalue weighted by Gasteiger charge is 2.30. The molecule has 3 aromatic carbocycles. The molecule has 2 amide bonds. The number of anilines is 1. The van der Waals surface area contributed by atoms with Crippen LogP contribution in [0.15, 0.2) is 72.8 Å². The Morgan fingerprint density at radius 2 is 1.60 bits per heavy atom. The van der Waals surface area contributed by atoms with Gasteiger partial charge in [-0.05, 0) is 67.6 Å². The van der Waals surface area contributed by atoms with Crippen molar-refractivity contribution in [1.82, 2.24) is 10.2 Å². The van der Waals surface area contributed by atoms with Crippen LogP contribution in [-0.2, 0) is 32.6 Å². The lowest BCUT2D eigenvalue weighted by Gasteiger charge is -2.32. The minimum atomic E-state index is -3.57. The van der Waals surface area contributed by atoms with Crippen molar-refractivity contribution < 1.29 is 18.0 Å². The summed E-state index contributed by atoms with van der Waals surface area (Å²) in [6.07, 6.45) is 1.90. The van der Waals surface area contributed by atoms with Crippen LogP contribution in [0.5, 0.6) is 0 Å². The summed E-state index contributed by atoms with van der Waals surface area (Å²) in [6.45, 7) is 6.47. The number of nitrogens with one attached hydrogen (secondary N) is 1. The summed E-state index contributed by atoms with van der Waals surface area (Å²) in [4.78, 5) is 28.7. The van der Waals surface area contributed by atoms with Crippen LogP contribution in [0.1, 0.15) is 42.0 Å². The maximum atomic E-state index is 13.8. The highest BCUT2D eigenvalue weighted by molar-refractivity contribution is 7.92. The molecule has 1 N–H and O–H groups in total. The topological polar surface area (TPSA) is 86.8 Å². The third kappa shape index (κ3) is 8.57. The fraction of sp³-hybridized carbons (Fsp3) is 0.355. The van der Waals surface area contributed by atoms with Crippen molar-refractivity contribution in [3.63, 3.8) is 0 Å². The monoisotopic (exact) mass is 583 g/mol. The Labute approximate surface area is 243 Å². The van der Waals surface area contributed by atoms with Crippen LogP contribution in [0, 0.1) is 13.8 Å². The number of carbonyl (C=O) groups excluding carboxylic acids is 2. The Hall–Kier alpha value is -3.36. The number of hydrogen-bond donors (Lipinski definition) is 1. The molecule has 0 aliphatic rings. The second-order valence-corrected chi connectivity index (χ2v) is 12.2. The fourth-order valence-corrected chi connectivity index (χ4v) is 5.76. The third-order valence-corrected chi connectivity index (χ3v) is 8.32. The van der Waals surface area contributed by atoms with E-state index in [2.05, 4.69) is 5.32 Å². The zero-order chi connectivity index (χ0) is 29.3. The van der Waals surface area contributed by atoms with Crippen LogP contribution in [0.4, 0.5) is 5.69 Å². The molecule has 0 aliphatic carbocycles. The van der Waals surface area contributed by atoms with Gasteiger partial charge in [-0.3, -0.25) is 13.9 Å². The molecule has 0 saturated carbocycles. The maximum Gasteiger partial charge on any atom is 0.243 e. The zero-order valence-electron chi connectivity index (χ0n) is 23.6. The quantitative estimate of drug-likeness (QED) is 0.297. The van der Waals surface area contributed by atoms with Gasteiger partial charge in [0.1, 0.15) is 6.04 Å². The zero-order valence-corrected chi connectivity index (χ0v) is 25.1. The van der Waals surface area contributed by atoms with Gasteiger partial charge < -0.3 is 10.2 Å². The normalized spacial score (nSPS) is 12.0. The lowest BCUT2D eigenvalue weighted by molar-refractivity contribution is -0.141. The lowest BCUT2D eigenvalue weighted by atomic mass is 10.0. The molecule has 0 aliphatic heterocycles. The first-order valence-electron chi connectivity index (χ1n) is 13.4. The van der Waals surface area contributed by atoms with E-state index in [0.717, 1.165) is 22.3 Å². The van der Waals surface area contributed by atoms with E-state index in [4.69, 9.17) is 11.6 Å². The number of nitrogens with zero attached hydrogens (tertiary/aromatic N) is 2. The molecule has 3 aromatic rings. The van der Waals surface area contributed by atoms with Crippen molar-refractivity contribution in [3.8, 4) is 0 Å². The minimum Gasteiger partial charge on any atom is -0.355 e. The smallest absolute Gasteiger partial charge is 0.243 e. The molecule has 9 heteroatoms. The summed E-state index contributed by atoms with van der Waals surface area (Å²) in [6, 6.07) is 21.6. The Morgan fingerprint density at radius 3 is 2.23 bits per heavy atom. The first kappa shape index (κ1) is 31.2. The number of benzene rings is 3.